The molecule has 2 aromatic rings. The summed E-state index contributed by atoms with van der Waals surface area (Å²) in [6.07, 6.45) is 5.07. The number of amides is 1. The fraction of sp³-hybridized carbons (Fsp3) is 0.654. The van der Waals surface area contributed by atoms with E-state index < -0.39 is 0 Å². The highest BCUT2D eigenvalue weighted by molar-refractivity contribution is 5.77. The van der Waals surface area contributed by atoms with Crippen molar-refractivity contribution in [2.75, 3.05) is 24.5 Å². The molecule has 9 heteroatoms. The molecule has 1 saturated heterocycles. The number of aromatic nitrogens is 3. The van der Waals surface area contributed by atoms with Gasteiger partial charge < -0.3 is 19.0 Å². The predicted octanol–water partition coefficient (Wildman–Crippen LogP) is 3.37. The van der Waals surface area contributed by atoms with Gasteiger partial charge in [-0.2, -0.15) is 5.26 Å². The van der Waals surface area contributed by atoms with Crippen LogP contribution >= 0.6 is 0 Å². The second-order valence-corrected chi connectivity index (χ2v) is 10.9. The average Bonchev–Trinajstić information content (AvgIpc) is 3.55. The number of piperazine rings is 1. The molecule has 0 spiro atoms. The Bertz CT molecular complexity index is 1130. The van der Waals surface area contributed by atoms with Crippen molar-refractivity contribution in [2.24, 2.45) is 5.92 Å². The zero-order valence-corrected chi connectivity index (χ0v) is 21.1. The minimum absolute atomic E-state index is 0.0347. The lowest BCUT2D eigenvalue weighted by atomic mass is 9.87. The normalized spacial score (nSPS) is 21.7. The molecule has 5 rings (SSSR count). The lowest BCUT2D eigenvalue weighted by molar-refractivity contribution is -0.135. The van der Waals surface area contributed by atoms with Gasteiger partial charge in [0.1, 0.15) is 11.9 Å². The number of hydrogen-bond donors (Lipinski definition) is 0. The van der Waals surface area contributed by atoms with E-state index in [0.29, 0.717) is 62.9 Å². The first-order valence-corrected chi connectivity index (χ1v) is 12.7. The summed E-state index contributed by atoms with van der Waals surface area (Å²) in [5, 5.41) is 17.8. The van der Waals surface area contributed by atoms with E-state index in [1.165, 1.54) is 6.39 Å². The molecule has 3 aliphatic rings. The number of fused-ring (bicyclic) bond motifs is 1. The fourth-order valence-corrected chi connectivity index (χ4v) is 5.36. The number of nitrogens with zero attached hydrogens (tertiary/aromatic N) is 6. The smallest absolute Gasteiger partial charge is 0.223 e. The Hall–Kier alpha value is -2.99. The summed E-state index contributed by atoms with van der Waals surface area (Å²) in [5.74, 6) is 2.10. The number of pyridine rings is 1. The molecule has 186 valence electrons. The third-order valence-corrected chi connectivity index (χ3v) is 7.48. The maximum absolute atomic E-state index is 13.1. The van der Waals surface area contributed by atoms with Crippen LogP contribution < -0.4 is 4.90 Å². The van der Waals surface area contributed by atoms with E-state index in [9.17, 15) is 10.1 Å². The van der Waals surface area contributed by atoms with Gasteiger partial charge in [0, 0.05) is 50.4 Å². The summed E-state index contributed by atoms with van der Waals surface area (Å²) in [6, 6.07) is 2.53. The third kappa shape index (κ3) is 4.76. The summed E-state index contributed by atoms with van der Waals surface area (Å²) in [6.45, 7) is 10.9. The van der Waals surface area contributed by atoms with Crippen LogP contribution in [0, 0.1) is 17.2 Å². The zero-order valence-electron chi connectivity index (χ0n) is 21.1. The predicted molar refractivity (Wildman–Crippen MR) is 129 cm³/mol. The Morgan fingerprint density at radius 2 is 2.09 bits per heavy atom. The number of nitriles is 1. The van der Waals surface area contributed by atoms with Crippen molar-refractivity contribution in [3.8, 4) is 6.07 Å². The molecule has 1 atom stereocenters. The van der Waals surface area contributed by atoms with Crippen molar-refractivity contribution < 1.29 is 13.9 Å². The van der Waals surface area contributed by atoms with Gasteiger partial charge in [-0.3, -0.25) is 4.79 Å². The molecule has 9 nitrogen and oxygen atoms in total. The van der Waals surface area contributed by atoms with Gasteiger partial charge in [-0.1, -0.05) is 13.8 Å². The Balaban J connectivity index is 1.42. The van der Waals surface area contributed by atoms with Crippen molar-refractivity contribution in [3.05, 3.63) is 34.7 Å². The minimum Gasteiger partial charge on any atom is -0.428 e. The Kier molecular flexibility index (Phi) is 6.26. The molecule has 0 N–H and O–H groups in total. The van der Waals surface area contributed by atoms with Crippen LogP contribution in [-0.2, 0) is 29.0 Å². The molecule has 2 aromatic heterocycles. The lowest BCUT2D eigenvalue weighted by Crippen LogP contribution is -2.57. The van der Waals surface area contributed by atoms with Crippen molar-refractivity contribution >= 4 is 11.7 Å². The number of ether oxygens (including phenoxy) is 1. The van der Waals surface area contributed by atoms with Gasteiger partial charge in [-0.05, 0) is 38.2 Å². The van der Waals surface area contributed by atoms with E-state index in [1.807, 2.05) is 4.90 Å². The van der Waals surface area contributed by atoms with Gasteiger partial charge >= 0.3 is 0 Å². The van der Waals surface area contributed by atoms with Gasteiger partial charge in [0.25, 0.3) is 0 Å². The van der Waals surface area contributed by atoms with Crippen LogP contribution in [0.4, 0.5) is 5.82 Å². The van der Waals surface area contributed by atoms with E-state index >= 15 is 0 Å². The zero-order chi connectivity index (χ0) is 24.7. The summed E-state index contributed by atoms with van der Waals surface area (Å²) in [4.78, 5) is 22.5. The Morgan fingerprint density at radius 3 is 2.74 bits per heavy atom. The maximum Gasteiger partial charge on any atom is 0.223 e. The molecule has 0 aromatic carbocycles. The van der Waals surface area contributed by atoms with Gasteiger partial charge in [0.2, 0.25) is 18.2 Å². The van der Waals surface area contributed by atoms with Gasteiger partial charge in [0.05, 0.1) is 29.5 Å². The largest absolute Gasteiger partial charge is 0.428 e. The van der Waals surface area contributed by atoms with E-state index in [-0.39, 0.29) is 23.5 Å². The number of anilines is 1. The average molecular weight is 479 g/mol. The molecular formula is C26H34N6O3. The van der Waals surface area contributed by atoms with Crippen LogP contribution in [0.15, 0.2) is 10.8 Å². The van der Waals surface area contributed by atoms with Gasteiger partial charge in [0.15, 0.2) is 0 Å². The number of rotatable bonds is 6. The topological polar surface area (TPSA) is 108 Å². The Labute approximate surface area is 206 Å². The first-order valence-electron chi connectivity index (χ1n) is 12.7. The summed E-state index contributed by atoms with van der Waals surface area (Å²) in [7, 11) is 0. The highest BCUT2D eigenvalue weighted by Gasteiger charge is 2.39. The molecule has 0 radical (unpaired) electrons. The van der Waals surface area contributed by atoms with Gasteiger partial charge in [-0.15, -0.1) is 10.2 Å². The summed E-state index contributed by atoms with van der Waals surface area (Å²) >= 11 is 0. The SMILES string of the molecule is CC(C)[C@@H]1CN(c2nc(C3CC3)c3c(c2C#N)CC(C)(C)OC3)CCN1C(=O)CCc1nnco1. The van der Waals surface area contributed by atoms with Crippen molar-refractivity contribution in [1.82, 2.24) is 20.1 Å². The number of hydrogen-bond acceptors (Lipinski definition) is 8. The standard InChI is InChI=1S/C26H34N6O3/c1-16(2)21-13-31(9-10-32(21)23(33)8-7-22-30-28-15-34-22)25-19(12-27)18-11-26(3,4)35-14-20(18)24(29-25)17-5-6-17/h15-17,21H,5-11,13-14H2,1-4H3/t21-/m0/s1. The van der Waals surface area contributed by atoms with Crippen LogP contribution in [0.1, 0.15) is 81.2 Å². The molecule has 4 heterocycles. The highest BCUT2D eigenvalue weighted by Crippen LogP contribution is 2.46. The molecule has 0 unspecified atom stereocenters. The molecule has 0 bridgehead atoms. The van der Waals surface area contributed by atoms with E-state index in [2.05, 4.69) is 48.9 Å². The number of carbonyl (C=O) groups is 1. The van der Waals surface area contributed by atoms with Gasteiger partial charge in [-0.25, -0.2) is 4.98 Å². The molecule has 2 fully saturated rings. The second kappa shape index (κ2) is 9.23. The monoisotopic (exact) mass is 478 g/mol. The minimum atomic E-state index is -0.304. The first-order chi connectivity index (χ1) is 16.8. The number of aryl methyl sites for hydroxylation is 1. The van der Waals surface area contributed by atoms with Crippen LogP contribution in [0.3, 0.4) is 0 Å². The fourth-order valence-electron chi connectivity index (χ4n) is 5.36. The molecule has 2 aliphatic heterocycles. The highest BCUT2D eigenvalue weighted by atomic mass is 16.5. The van der Waals surface area contributed by atoms with E-state index in [1.54, 1.807) is 0 Å². The Morgan fingerprint density at radius 1 is 1.29 bits per heavy atom. The summed E-state index contributed by atoms with van der Waals surface area (Å²) < 4.78 is 11.3. The maximum atomic E-state index is 13.1. The molecule has 1 saturated carbocycles. The van der Waals surface area contributed by atoms with E-state index in [0.717, 1.165) is 35.5 Å². The van der Waals surface area contributed by atoms with Crippen molar-refractivity contribution in [2.45, 2.75) is 84.0 Å². The molecular weight excluding hydrogens is 444 g/mol. The third-order valence-electron chi connectivity index (χ3n) is 7.48. The molecule has 1 amide bonds. The van der Waals surface area contributed by atoms with Crippen LogP contribution in [0.2, 0.25) is 0 Å². The lowest BCUT2D eigenvalue weighted by Gasteiger charge is -2.44. The molecule has 35 heavy (non-hydrogen) atoms. The van der Waals surface area contributed by atoms with Crippen LogP contribution in [0.5, 0.6) is 0 Å². The van der Waals surface area contributed by atoms with Crippen LogP contribution in [-0.4, -0.2) is 57.3 Å². The first kappa shape index (κ1) is 23.7. The van der Waals surface area contributed by atoms with Crippen molar-refractivity contribution in [1.29, 1.82) is 5.26 Å². The summed E-state index contributed by atoms with van der Waals surface area (Å²) in [5.41, 5.74) is 3.72. The quantitative estimate of drug-likeness (QED) is 0.622. The van der Waals surface area contributed by atoms with E-state index in [4.69, 9.17) is 14.1 Å². The second-order valence-electron chi connectivity index (χ2n) is 10.9. The van der Waals surface area contributed by atoms with Crippen molar-refractivity contribution in [3.63, 3.8) is 0 Å². The molecule has 1 aliphatic carbocycles. The van der Waals surface area contributed by atoms with Crippen LogP contribution in [0.25, 0.3) is 0 Å². The number of carbonyl (C=O) groups excluding carboxylic acids is 1.